The van der Waals surface area contributed by atoms with Crippen LogP contribution in [0.2, 0.25) is 0 Å². The van der Waals surface area contributed by atoms with Crippen molar-refractivity contribution in [2.45, 2.75) is 38.5 Å². The second-order valence-corrected chi connectivity index (χ2v) is 6.09. The minimum atomic E-state index is 0.653. The van der Waals surface area contributed by atoms with E-state index in [1.165, 1.54) is 12.8 Å². The van der Waals surface area contributed by atoms with Crippen LogP contribution in [0.5, 0.6) is 11.5 Å². The van der Waals surface area contributed by atoms with Gasteiger partial charge in [0.25, 0.3) is 0 Å². The van der Waals surface area contributed by atoms with E-state index in [-0.39, 0.29) is 0 Å². The van der Waals surface area contributed by atoms with Crippen molar-refractivity contribution in [1.29, 1.82) is 10.5 Å². The molecule has 2 rings (SSSR count). The van der Waals surface area contributed by atoms with E-state index in [1.807, 2.05) is 24.3 Å². The maximum Gasteiger partial charge on any atom is 0.119 e. The molecule has 0 unspecified atom stereocenters. The van der Waals surface area contributed by atoms with E-state index in [1.54, 1.807) is 24.3 Å². The van der Waals surface area contributed by atoms with E-state index in [2.05, 4.69) is 12.1 Å². The van der Waals surface area contributed by atoms with Crippen molar-refractivity contribution in [2.75, 3.05) is 13.2 Å². The third-order valence-corrected chi connectivity index (χ3v) is 4.04. The molecule has 0 aliphatic rings. The van der Waals surface area contributed by atoms with Crippen LogP contribution in [0.25, 0.3) is 0 Å². The van der Waals surface area contributed by atoms with Gasteiger partial charge in [-0.1, -0.05) is 25.7 Å². The Balaban J connectivity index is 1.43. The van der Waals surface area contributed by atoms with Crippen LogP contribution in [0.4, 0.5) is 0 Å². The van der Waals surface area contributed by atoms with Crippen LogP contribution in [0.15, 0.2) is 48.5 Å². The normalized spacial score (nSPS) is 9.92. The number of nitrogens with zero attached hydrogens (tertiary/aromatic N) is 2. The van der Waals surface area contributed by atoms with Crippen LogP contribution in [0, 0.1) is 22.7 Å². The predicted octanol–water partition coefficient (Wildman–Crippen LogP) is 5.23. The Kier molecular flexibility index (Phi) is 8.60. The molecule has 0 aromatic heterocycles. The Bertz CT molecular complexity index is 659. The minimum Gasteiger partial charge on any atom is -0.494 e. The fraction of sp³-hybridized carbons (Fsp3) is 0.364. The summed E-state index contributed by atoms with van der Waals surface area (Å²) in [6, 6.07) is 18.6. The first-order chi connectivity index (χ1) is 12.8. The standard InChI is InChI=1S/C22H24N2O2/c23-17-19-7-11-21(12-8-19)25-15-5-3-1-2-4-6-16-26-22-13-9-20(18-24)10-14-22/h7-14H,1-6,15-16H2. The van der Waals surface area contributed by atoms with Crippen molar-refractivity contribution in [3.63, 3.8) is 0 Å². The van der Waals surface area contributed by atoms with Gasteiger partial charge >= 0.3 is 0 Å². The summed E-state index contributed by atoms with van der Waals surface area (Å²) in [6.07, 6.45) is 6.81. The number of nitriles is 2. The van der Waals surface area contributed by atoms with Gasteiger partial charge in [-0.05, 0) is 61.4 Å². The van der Waals surface area contributed by atoms with Gasteiger partial charge in [0.15, 0.2) is 0 Å². The van der Waals surface area contributed by atoms with Gasteiger partial charge in [0.2, 0.25) is 0 Å². The average molecular weight is 348 g/mol. The first-order valence-electron chi connectivity index (χ1n) is 9.08. The van der Waals surface area contributed by atoms with Gasteiger partial charge in [0.1, 0.15) is 11.5 Å². The fourth-order valence-electron chi connectivity index (χ4n) is 2.54. The van der Waals surface area contributed by atoms with Crippen molar-refractivity contribution >= 4 is 0 Å². The van der Waals surface area contributed by atoms with E-state index in [0.717, 1.165) is 37.2 Å². The molecule has 26 heavy (non-hydrogen) atoms. The molecule has 2 aromatic carbocycles. The summed E-state index contributed by atoms with van der Waals surface area (Å²) in [7, 11) is 0. The van der Waals surface area contributed by atoms with Crippen molar-refractivity contribution in [1.82, 2.24) is 0 Å². The van der Waals surface area contributed by atoms with Crippen molar-refractivity contribution in [3.8, 4) is 23.6 Å². The lowest BCUT2D eigenvalue weighted by atomic mass is 10.1. The van der Waals surface area contributed by atoms with Crippen molar-refractivity contribution < 1.29 is 9.47 Å². The lowest BCUT2D eigenvalue weighted by Gasteiger charge is -2.07. The van der Waals surface area contributed by atoms with Gasteiger partial charge < -0.3 is 9.47 Å². The van der Waals surface area contributed by atoms with Gasteiger partial charge in [-0.25, -0.2) is 0 Å². The molecule has 0 amide bonds. The highest BCUT2D eigenvalue weighted by atomic mass is 16.5. The molecule has 0 radical (unpaired) electrons. The Labute approximate surface area is 155 Å². The lowest BCUT2D eigenvalue weighted by Crippen LogP contribution is -1.98. The molecule has 0 bridgehead atoms. The fourth-order valence-corrected chi connectivity index (χ4v) is 2.54. The van der Waals surface area contributed by atoms with Gasteiger partial charge in [-0.15, -0.1) is 0 Å². The molecule has 134 valence electrons. The highest BCUT2D eigenvalue weighted by Crippen LogP contribution is 2.14. The maximum absolute atomic E-state index is 8.75. The van der Waals surface area contributed by atoms with E-state index in [0.29, 0.717) is 24.3 Å². The Morgan fingerprint density at radius 1 is 0.538 bits per heavy atom. The molecule has 0 aliphatic carbocycles. The summed E-state index contributed by atoms with van der Waals surface area (Å²) in [4.78, 5) is 0. The molecule has 0 spiro atoms. The summed E-state index contributed by atoms with van der Waals surface area (Å²) in [5.41, 5.74) is 1.31. The maximum atomic E-state index is 8.75. The molecular formula is C22H24N2O2. The number of unbranched alkanes of at least 4 members (excludes halogenated alkanes) is 5. The first kappa shape index (κ1) is 19.3. The van der Waals surface area contributed by atoms with Crippen LogP contribution in [-0.4, -0.2) is 13.2 Å². The first-order valence-corrected chi connectivity index (χ1v) is 9.08. The second-order valence-electron chi connectivity index (χ2n) is 6.09. The number of hydrogen-bond acceptors (Lipinski definition) is 4. The van der Waals surface area contributed by atoms with Crippen LogP contribution in [-0.2, 0) is 0 Å². The smallest absolute Gasteiger partial charge is 0.119 e. The zero-order chi connectivity index (χ0) is 18.5. The van der Waals surface area contributed by atoms with Crippen LogP contribution >= 0.6 is 0 Å². The van der Waals surface area contributed by atoms with E-state index in [9.17, 15) is 0 Å². The molecular weight excluding hydrogens is 324 g/mol. The topological polar surface area (TPSA) is 66.0 Å². The molecule has 0 N–H and O–H groups in total. The summed E-state index contributed by atoms with van der Waals surface area (Å²) < 4.78 is 11.3. The molecule has 0 saturated carbocycles. The van der Waals surface area contributed by atoms with E-state index >= 15 is 0 Å². The average Bonchev–Trinajstić information content (AvgIpc) is 2.70. The summed E-state index contributed by atoms with van der Waals surface area (Å²) in [6.45, 7) is 1.43. The number of benzene rings is 2. The minimum absolute atomic E-state index is 0.653. The number of ether oxygens (including phenoxy) is 2. The Hall–Kier alpha value is -2.98. The molecule has 0 atom stereocenters. The lowest BCUT2D eigenvalue weighted by molar-refractivity contribution is 0.297. The highest BCUT2D eigenvalue weighted by molar-refractivity contribution is 5.35. The van der Waals surface area contributed by atoms with Crippen molar-refractivity contribution in [3.05, 3.63) is 59.7 Å². The highest BCUT2D eigenvalue weighted by Gasteiger charge is 1.97. The predicted molar refractivity (Wildman–Crippen MR) is 101 cm³/mol. The van der Waals surface area contributed by atoms with Crippen LogP contribution in [0.1, 0.15) is 49.7 Å². The van der Waals surface area contributed by atoms with Crippen molar-refractivity contribution in [2.24, 2.45) is 0 Å². The quantitative estimate of drug-likeness (QED) is 0.522. The molecule has 0 heterocycles. The van der Waals surface area contributed by atoms with Crippen LogP contribution < -0.4 is 9.47 Å². The van der Waals surface area contributed by atoms with E-state index in [4.69, 9.17) is 20.0 Å². The van der Waals surface area contributed by atoms with Crippen LogP contribution in [0.3, 0.4) is 0 Å². The van der Waals surface area contributed by atoms with Gasteiger partial charge in [0.05, 0.1) is 36.5 Å². The molecule has 2 aromatic rings. The zero-order valence-corrected chi connectivity index (χ0v) is 15.0. The van der Waals surface area contributed by atoms with Gasteiger partial charge in [0, 0.05) is 0 Å². The zero-order valence-electron chi connectivity index (χ0n) is 15.0. The molecule has 0 saturated heterocycles. The number of rotatable bonds is 11. The number of hydrogen-bond donors (Lipinski definition) is 0. The monoisotopic (exact) mass is 348 g/mol. The third-order valence-electron chi connectivity index (χ3n) is 4.04. The molecule has 0 fully saturated rings. The largest absolute Gasteiger partial charge is 0.494 e. The molecule has 4 nitrogen and oxygen atoms in total. The Morgan fingerprint density at radius 2 is 0.885 bits per heavy atom. The summed E-state index contributed by atoms with van der Waals surface area (Å²) in [5.74, 6) is 1.65. The molecule has 4 heteroatoms. The second kappa shape index (κ2) is 11.6. The summed E-state index contributed by atoms with van der Waals surface area (Å²) >= 11 is 0. The van der Waals surface area contributed by atoms with Gasteiger partial charge in [-0.3, -0.25) is 0 Å². The van der Waals surface area contributed by atoms with E-state index < -0.39 is 0 Å². The third kappa shape index (κ3) is 7.28. The van der Waals surface area contributed by atoms with Gasteiger partial charge in [-0.2, -0.15) is 10.5 Å². The molecule has 0 aliphatic heterocycles. The SMILES string of the molecule is N#Cc1ccc(OCCCCCCCCOc2ccc(C#N)cc2)cc1. The Morgan fingerprint density at radius 3 is 1.23 bits per heavy atom. The summed E-state index contributed by atoms with van der Waals surface area (Å²) in [5, 5.41) is 17.5.